The van der Waals surface area contributed by atoms with Gasteiger partial charge in [-0.15, -0.1) is 6.42 Å². The van der Waals surface area contributed by atoms with Gasteiger partial charge in [-0.25, -0.2) is 4.39 Å². The molecule has 1 aromatic carbocycles. The van der Waals surface area contributed by atoms with Crippen LogP contribution in [-0.2, 0) is 0 Å². The first-order valence-electron chi connectivity index (χ1n) is 4.28. The normalized spacial score (nSPS) is 9.87. The molecule has 0 fully saturated rings. The lowest BCUT2D eigenvalue weighted by Crippen LogP contribution is -1.97. The highest BCUT2D eigenvalue weighted by molar-refractivity contribution is 5.75. The Kier molecular flexibility index (Phi) is 2.46. The first-order chi connectivity index (χ1) is 7.31. The molecule has 0 atom stereocenters. The molecular weight excluding hydrogens is 195 g/mol. The Morgan fingerprint density at radius 2 is 1.93 bits per heavy atom. The van der Waals surface area contributed by atoms with Gasteiger partial charge in [0.1, 0.15) is 6.61 Å². The third-order valence-electron chi connectivity index (χ3n) is 1.83. The summed E-state index contributed by atoms with van der Waals surface area (Å²) in [5.74, 6) is 1.88. The van der Waals surface area contributed by atoms with E-state index in [-0.39, 0.29) is 12.4 Å². The highest BCUT2D eigenvalue weighted by Gasteiger charge is 2.06. The van der Waals surface area contributed by atoms with Gasteiger partial charge in [0, 0.05) is 24.5 Å². The molecule has 2 aromatic rings. The number of ether oxygens (including phenoxy) is 1. The van der Waals surface area contributed by atoms with Gasteiger partial charge in [-0.3, -0.25) is 9.97 Å². The average molecular weight is 202 g/mol. The monoisotopic (exact) mass is 202 g/mol. The minimum Gasteiger partial charge on any atom is -0.478 e. The van der Waals surface area contributed by atoms with Crippen LogP contribution >= 0.6 is 0 Å². The van der Waals surface area contributed by atoms with Crippen LogP contribution in [0, 0.1) is 18.2 Å². The molecule has 0 radical (unpaired) electrons. The Bertz CT molecular complexity index is 534. The van der Waals surface area contributed by atoms with Gasteiger partial charge in [0.2, 0.25) is 0 Å². The third-order valence-corrected chi connectivity index (χ3v) is 1.83. The van der Waals surface area contributed by atoms with E-state index in [0.717, 1.165) is 0 Å². The first-order valence-corrected chi connectivity index (χ1v) is 4.28. The molecular formula is C11H7FN2O. The van der Waals surface area contributed by atoms with Crippen LogP contribution in [0.3, 0.4) is 0 Å². The first kappa shape index (κ1) is 9.41. The quantitative estimate of drug-likeness (QED) is 0.696. The van der Waals surface area contributed by atoms with Gasteiger partial charge in [0.05, 0.1) is 11.0 Å². The molecule has 2 rings (SSSR count). The molecule has 0 amide bonds. The van der Waals surface area contributed by atoms with Crippen LogP contribution in [0.25, 0.3) is 11.0 Å². The molecule has 0 saturated carbocycles. The molecule has 0 saturated heterocycles. The number of terminal acetylenes is 1. The van der Waals surface area contributed by atoms with Crippen LogP contribution < -0.4 is 4.74 Å². The summed E-state index contributed by atoms with van der Waals surface area (Å²) in [5.41, 5.74) is 1.06. The van der Waals surface area contributed by atoms with Gasteiger partial charge in [0.15, 0.2) is 11.6 Å². The van der Waals surface area contributed by atoms with E-state index < -0.39 is 5.82 Å². The maximum Gasteiger partial charge on any atom is 0.167 e. The molecule has 0 spiro atoms. The van der Waals surface area contributed by atoms with Crippen LogP contribution in [0.15, 0.2) is 24.5 Å². The summed E-state index contributed by atoms with van der Waals surface area (Å²) in [6.45, 7) is 0.0304. The van der Waals surface area contributed by atoms with Crippen molar-refractivity contribution in [3.63, 3.8) is 0 Å². The van der Waals surface area contributed by atoms with Crippen LogP contribution in [0.5, 0.6) is 5.75 Å². The van der Waals surface area contributed by atoms with E-state index in [0.29, 0.717) is 11.0 Å². The predicted molar refractivity (Wildman–Crippen MR) is 53.8 cm³/mol. The Balaban J connectivity index is 2.48. The second kappa shape index (κ2) is 3.93. The van der Waals surface area contributed by atoms with E-state index in [1.807, 2.05) is 0 Å². The second-order valence-electron chi connectivity index (χ2n) is 2.82. The van der Waals surface area contributed by atoms with Gasteiger partial charge in [-0.2, -0.15) is 0 Å². The SMILES string of the molecule is C#CCOc1cc2nccnc2cc1F. The number of fused-ring (bicyclic) bond motifs is 1. The van der Waals surface area contributed by atoms with Crippen LogP contribution in [0.2, 0.25) is 0 Å². The third kappa shape index (κ3) is 1.86. The molecule has 0 unspecified atom stereocenters. The molecule has 15 heavy (non-hydrogen) atoms. The number of halogens is 1. The van der Waals surface area contributed by atoms with Crippen molar-refractivity contribution in [3.8, 4) is 18.1 Å². The number of nitrogens with zero attached hydrogens (tertiary/aromatic N) is 2. The van der Waals surface area contributed by atoms with Crippen molar-refractivity contribution in [1.82, 2.24) is 9.97 Å². The summed E-state index contributed by atoms with van der Waals surface area (Å²) in [5, 5.41) is 0. The number of rotatable bonds is 2. The zero-order valence-corrected chi connectivity index (χ0v) is 7.77. The zero-order chi connectivity index (χ0) is 10.7. The largest absolute Gasteiger partial charge is 0.478 e. The lowest BCUT2D eigenvalue weighted by atomic mass is 10.2. The highest BCUT2D eigenvalue weighted by atomic mass is 19.1. The fourth-order valence-electron chi connectivity index (χ4n) is 1.20. The Morgan fingerprint density at radius 1 is 1.27 bits per heavy atom. The van der Waals surface area contributed by atoms with E-state index in [1.165, 1.54) is 24.5 Å². The molecule has 0 aliphatic heterocycles. The molecule has 1 aromatic heterocycles. The van der Waals surface area contributed by atoms with Crippen molar-refractivity contribution < 1.29 is 9.13 Å². The zero-order valence-electron chi connectivity index (χ0n) is 7.77. The van der Waals surface area contributed by atoms with Crippen LogP contribution in [0.1, 0.15) is 0 Å². The summed E-state index contributed by atoms with van der Waals surface area (Å²) in [6, 6.07) is 2.75. The van der Waals surface area contributed by atoms with E-state index in [4.69, 9.17) is 11.2 Å². The molecule has 0 bridgehead atoms. The molecule has 3 nitrogen and oxygen atoms in total. The fraction of sp³-hybridized carbons (Fsp3) is 0.0909. The van der Waals surface area contributed by atoms with E-state index in [2.05, 4.69) is 15.9 Å². The van der Waals surface area contributed by atoms with Gasteiger partial charge >= 0.3 is 0 Å². The van der Waals surface area contributed by atoms with Crippen molar-refractivity contribution >= 4 is 11.0 Å². The van der Waals surface area contributed by atoms with Crippen molar-refractivity contribution in [2.75, 3.05) is 6.61 Å². The van der Waals surface area contributed by atoms with Crippen molar-refractivity contribution in [1.29, 1.82) is 0 Å². The number of benzene rings is 1. The smallest absolute Gasteiger partial charge is 0.167 e. The summed E-state index contributed by atoms with van der Waals surface area (Å²) in [6.07, 6.45) is 8.05. The summed E-state index contributed by atoms with van der Waals surface area (Å²) < 4.78 is 18.4. The molecule has 0 aliphatic carbocycles. The Labute approximate surface area is 85.9 Å². The van der Waals surface area contributed by atoms with Crippen LogP contribution in [-0.4, -0.2) is 16.6 Å². The lowest BCUT2D eigenvalue weighted by molar-refractivity contribution is 0.349. The number of hydrogen-bond acceptors (Lipinski definition) is 3. The molecule has 4 heteroatoms. The van der Waals surface area contributed by atoms with E-state index in [9.17, 15) is 4.39 Å². The summed E-state index contributed by atoms with van der Waals surface area (Å²) in [4.78, 5) is 8.00. The minimum absolute atomic E-state index is 0.0304. The number of hydrogen-bond donors (Lipinski definition) is 0. The summed E-state index contributed by atoms with van der Waals surface area (Å²) in [7, 11) is 0. The molecule has 0 aliphatic rings. The minimum atomic E-state index is -0.488. The van der Waals surface area contributed by atoms with Gasteiger partial charge in [0.25, 0.3) is 0 Å². The average Bonchev–Trinajstić information content (AvgIpc) is 2.26. The van der Waals surface area contributed by atoms with Crippen molar-refractivity contribution in [2.45, 2.75) is 0 Å². The number of aromatic nitrogens is 2. The van der Waals surface area contributed by atoms with Crippen molar-refractivity contribution in [3.05, 3.63) is 30.3 Å². The molecule has 1 heterocycles. The van der Waals surface area contributed by atoms with Gasteiger partial charge in [-0.05, 0) is 0 Å². The predicted octanol–water partition coefficient (Wildman–Crippen LogP) is 1.78. The van der Waals surface area contributed by atoms with Crippen LogP contribution in [0.4, 0.5) is 4.39 Å². The molecule has 0 N–H and O–H groups in total. The summed E-state index contributed by atoms with van der Waals surface area (Å²) >= 11 is 0. The second-order valence-corrected chi connectivity index (χ2v) is 2.82. The van der Waals surface area contributed by atoms with E-state index >= 15 is 0 Å². The fourth-order valence-corrected chi connectivity index (χ4v) is 1.20. The Hall–Kier alpha value is -2.15. The van der Waals surface area contributed by atoms with Crippen molar-refractivity contribution in [2.24, 2.45) is 0 Å². The van der Waals surface area contributed by atoms with E-state index in [1.54, 1.807) is 0 Å². The molecule has 74 valence electrons. The lowest BCUT2D eigenvalue weighted by Gasteiger charge is -2.04. The standard InChI is InChI=1S/C11H7FN2O/c1-2-5-15-11-7-10-9(6-8(11)12)13-3-4-14-10/h1,3-4,6-7H,5H2. The topological polar surface area (TPSA) is 35.0 Å². The Morgan fingerprint density at radius 3 is 2.60 bits per heavy atom. The maximum absolute atomic E-state index is 13.4. The van der Waals surface area contributed by atoms with Gasteiger partial charge in [-0.1, -0.05) is 5.92 Å². The van der Waals surface area contributed by atoms with Gasteiger partial charge < -0.3 is 4.74 Å². The maximum atomic E-state index is 13.4. The highest BCUT2D eigenvalue weighted by Crippen LogP contribution is 2.21.